The van der Waals surface area contributed by atoms with Gasteiger partial charge in [0.15, 0.2) is 0 Å². The molecule has 1 aliphatic heterocycles. The van der Waals surface area contributed by atoms with Crippen molar-refractivity contribution in [2.24, 2.45) is 5.92 Å². The first kappa shape index (κ1) is 16.6. The Hall–Kier alpha value is -0.440. The third kappa shape index (κ3) is 5.21. The van der Waals surface area contributed by atoms with Crippen LogP contribution in [0.4, 0.5) is 0 Å². The summed E-state index contributed by atoms with van der Waals surface area (Å²) in [5, 5.41) is 4.27. The summed E-state index contributed by atoms with van der Waals surface area (Å²) in [6.45, 7) is 5.23. The molecule has 1 unspecified atom stereocenters. The molecular formula is C15H23Cl2NO. The fraction of sp³-hybridized carbons (Fsp3) is 0.600. The van der Waals surface area contributed by atoms with Gasteiger partial charge in [-0.05, 0) is 68.5 Å². The summed E-state index contributed by atoms with van der Waals surface area (Å²) in [7, 11) is 0. The van der Waals surface area contributed by atoms with Gasteiger partial charge in [-0.1, -0.05) is 18.5 Å². The van der Waals surface area contributed by atoms with Crippen LogP contribution in [-0.4, -0.2) is 19.7 Å². The van der Waals surface area contributed by atoms with Gasteiger partial charge in [-0.15, -0.1) is 12.4 Å². The molecular weight excluding hydrogens is 281 g/mol. The maximum absolute atomic E-state index is 6.09. The lowest BCUT2D eigenvalue weighted by Gasteiger charge is -2.22. The topological polar surface area (TPSA) is 21.3 Å². The highest BCUT2D eigenvalue weighted by Crippen LogP contribution is 2.23. The summed E-state index contributed by atoms with van der Waals surface area (Å²) >= 11 is 6.09. The first-order valence-electron chi connectivity index (χ1n) is 6.91. The van der Waals surface area contributed by atoms with E-state index < -0.39 is 0 Å². The van der Waals surface area contributed by atoms with Crippen molar-refractivity contribution < 1.29 is 4.74 Å². The predicted molar refractivity (Wildman–Crippen MR) is 83.8 cm³/mol. The third-order valence-corrected chi connectivity index (χ3v) is 3.96. The number of nitrogens with one attached hydrogen (secondary N) is 1. The second-order valence-electron chi connectivity index (χ2n) is 4.96. The number of rotatable bonds is 5. The van der Waals surface area contributed by atoms with E-state index in [1.807, 2.05) is 12.1 Å². The van der Waals surface area contributed by atoms with E-state index >= 15 is 0 Å². The Kier molecular flexibility index (Phi) is 7.59. The molecule has 1 aliphatic rings. The summed E-state index contributed by atoms with van der Waals surface area (Å²) in [4.78, 5) is 0. The van der Waals surface area contributed by atoms with E-state index in [4.69, 9.17) is 16.3 Å². The summed E-state index contributed by atoms with van der Waals surface area (Å²) in [6, 6.07) is 5.94. The zero-order valence-electron chi connectivity index (χ0n) is 11.5. The number of halogens is 2. The van der Waals surface area contributed by atoms with Gasteiger partial charge in [0.25, 0.3) is 0 Å². The van der Waals surface area contributed by atoms with Gasteiger partial charge >= 0.3 is 0 Å². The third-order valence-electron chi connectivity index (χ3n) is 3.59. The largest absolute Gasteiger partial charge is 0.494 e. The van der Waals surface area contributed by atoms with Gasteiger partial charge in [0.2, 0.25) is 0 Å². The van der Waals surface area contributed by atoms with Gasteiger partial charge in [0.1, 0.15) is 5.75 Å². The van der Waals surface area contributed by atoms with Crippen LogP contribution in [0.25, 0.3) is 0 Å². The summed E-state index contributed by atoms with van der Waals surface area (Å²) < 4.78 is 5.82. The lowest BCUT2D eigenvalue weighted by atomic mass is 9.97. The Labute approximate surface area is 127 Å². The lowest BCUT2D eigenvalue weighted by Crippen LogP contribution is -2.30. The average molecular weight is 304 g/mol. The number of benzene rings is 1. The molecule has 0 saturated carbocycles. The van der Waals surface area contributed by atoms with Crippen LogP contribution in [0.3, 0.4) is 0 Å². The highest BCUT2D eigenvalue weighted by atomic mass is 35.5. The number of hydrogen-bond donors (Lipinski definition) is 1. The van der Waals surface area contributed by atoms with E-state index in [2.05, 4.69) is 18.3 Å². The molecule has 0 radical (unpaired) electrons. The number of piperidine rings is 1. The molecule has 1 fully saturated rings. The maximum atomic E-state index is 6.09. The first-order chi connectivity index (χ1) is 8.79. The van der Waals surface area contributed by atoms with Crippen molar-refractivity contribution in [3.8, 4) is 5.75 Å². The minimum Gasteiger partial charge on any atom is -0.494 e. The standard InChI is InChI=1S/C15H22ClNO.ClH/c1-2-13-10-14(5-6-15(13)16)18-9-7-12-4-3-8-17-11-12;/h5-6,10,12,17H,2-4,7-9,11H2,1H3;1H. The Morgan fingerprint density at radius 1 is 1.42 bits per heavy atom. The highest BCUT2D eigenvalue weighted by Gasteiger charge is 2.12. The number of aryl methyl sites for hydroxylation is 1. The normalized spacial score (nSPS) is 18.7. The minimum atomic E-state index is 0. The van der Waals surface area contributed by atoms with Crippen LogP contribution in [-0.2, 0) is 6.42 Å². The Balaban J connectivity index is 0.00000180. The molecule has 0 bridgehead atoms. The fourth-order valence-electron chi connectivity index (χ4n) is 2.43. The molecule has 0 aromatic heterocycles. The van der Waals surface area contributed by atoms with Crippen LogP contribution in [0, 0.1) is 5.92 Å². The molecule has 1 saturated heterocycles. The van der Waals surface area contributed by atoms with Crippen molar-refractivity contribution in [3.63, 3.8) is 0 Å². The molecule has 1 heterocycles. The van der Waals surface area contributed by atoms with Gasteiger partial charge in [-0.3, -0.25) is 0 Å². The van der Waals surface area contributed by atoms with E-state index in [0.29, 0.717) is 0 Å². The predicted octanol–water partition coefficient (Wildman–Crippen LogP) is 4.09. The quantitative estimate of drug-likeness (QED) is 0.884. The van der Waals surface area contributed by atoms with Gasteiger partial charge in [-0.25, -0.2) is 0 Å². The molecule has 0 aliphatic carbocycles. The van der Waals surface area contributed by atoms with Crippen molar-refractivity contribution in [2.45, 2.75) is 32.6 Å². The summed E-state index contributed by atoms with van der Waals surface area (Å²) in [5.74, 6) is 1.72. The van der Waals surface area contributed by atoms with Gasteiger partial charge in [-0.2, -0.15) is 0 Å². The second-order valence-corrected chi connectivity index (χ2v) is 5.36. The van der Waals surface area contributed by atoms with E-state index in [-0.39, 0.29) is 12.4 Å². The molecule has 2 rings (SSSR count). The zero-order valence-corrected chi connectivity index (χ0v) is 13.0. The Morgan fingerprint density at radius 2 is 2.26 bits per heavy atom. The monoisotopic (exact) mass is 303 g/mol. The van der Waals surface area contributed by atoms with Crippen LogP contribution < -0.4 is 10.1 Å². The SMILES string of the molecule is CCc1cc(OCCC2CCCNC2)ccc1Cl.Cl. The van der Waals surface area contributed by atoms with Crippen LogP contribution in [0.15, 0.2) is 18.2 Å². The van der Waals surface area contributed by atoms with E-state index in [1.165, 1.54) is 19.4 Å². The molecule has 2 nitrogen and oxygen atoms in total. The van der Waals surface area contributed by atoms with Crippen LogP contribution >= 0.6 is 24.0 Å². The smallest absolute Gasteiger partial charge is 0.119 e. The van der Waals surface area contributed by atoms with Crippen molar-refractivity contribution in [1.82, 2.24) is 5.32 Å². The summed E-state index contributed by atoms with van der Waals surface area (Å²) in [6.07, 6.45) is 4.71. The van der Waals surface area contributed by atoms with Gasteiger partial charge in [0, 0.05) is 5.02 Å². The molecule has 1 aromatic rings. The lowest BCUT2D eigenvalue weighted by molar-refractivity contribution is 0.254. The molecule has 0 spiro atoms. The zero-order chi connectivity index (χ0) is 12.8. The van der Waals surface area contributed by atoms with Crippen LogP contribution in [0.2, 0.25) is 5.02 Å². The fourth-order valence-corrected chi connectivity index (χ4v) is 2.68. The molecule has 1 N–H and O–H groups in total. The molecule has 0 amide bonds. The van der Waals surface area contributed by atoms with Crippen molar-refractivity contribution >= 4 is 24.0 Å². The Bertz CT molecular complexity index is 378. The summed E-state index contributed by atoms with van der Waals surface area (Å²) in [5.41, 5.74) is 1.16. The first-order valence-corrected chi connectivity index (χ1v) is 7.29. The van der Waals surface area contributed by atoms with E-state index in [9.17, 15) is 0 Å². The molecule has 1 atom stereocenters. The molecule has 108 valence electrons. The second kappa shape index (κ2) is 8.68. The highest BCUT2D eigenvalue weighted by molar-refractivity contribution is 6.31. The van der Waals surface area contributed by atoms with Crippen molar-refractivity contribution in [2.75, 3.05) is 19.7 Å². The molecule has 19 heavy (non-hydrogen) atoms. The Morgan fingerprint density at radius 3 is 2.95 bits per heavy atom. The van der Waals surface area contributed by atoms with Crippen molar-refractivity contribution in [1.29, 1.82) is 0 Å². The number of hydrogen-bond acceptors (Lipinski definition) is 2. The van der Waals surface area contributed by atoms with E-state index in [1.54, 1.807) is 0 Å². The average Bonchev–Trinajstić information content (AvgIpc) is 2.42. The van der Waals surface area contributed by atoms with Gasteiger partial charge in [0.05, 0.1) is 6.61 Å². The molecule has 4 heteroatoms. The van der Waals surface area contributed by atoms with Crippen molar-refractivity contribution in [3.05, 3.63) is 28.8 Å². The number of ether oxygens (including phenoxy) is 1. The molecule has 1 aromatic carbocycles. The van der Waals surface area contributed by atoms with E-state index in [0.717, 1.165) is 48.2 Å². The maximum Gasteiger partial charge on any atom is 0.119 e. The van der Waals surface area contributed by atoms with Crippen LogP contribution in [0.5, 0.6) is 5.75 Å². The van der Waals surface area contributed by atoms with Crippen LogP contribution in [0.1, 0.15) is 31.7 Å². The minimum absolute atomic E-state index is 0. The van der Waals surface area contributed by atoms with Gasteiger partial charge < -0.3 is 10.1 Å².